The molecule has 1 aliphatic heterocycles. The van der Waals surface area contributed by atoms with E-state index in [1.807, 2.05) is 11.8 Å². The molecule has 1 heterocycles. The van der Waals surface area contributed by atoms with Crippen molar-refractivity contribution in [2.75, 3.05) is 6.54 Å². The zero-order valence-electron chi connectivity index (χ0n) is 10.7. The molecule has 0 aliphatic carbocycles. The van der Waals surface area contributed by atoms with E-state index in [1.54, 1.807) is 24.3 Å². The molecule has 1 aromatic carbocycles. The molecule has 1 amide bonds. The Labute approximate surface area is 107 Å². The number of benzene rings is 1. The summed E-state index contributed by atoms with van der Waals surface area (Å²) in [5, 5.41) is 9.78. The summed E-state index contributed by atoms with van der Waals surface area (Å²) in [6.07, 6.45) is 3.05. The van der Waals surface area contributed by atoms with Crippen LogP contribution in [-0.2, 0) is 0 Å². The molecule has 98 valence electrons. The molecule has 1 saturated heterocycles. The third-order valence-electron chi connectivity index (χ3n) is 3.67. The lowest BCUT2D eigenvalue weighted by Gasteiger charge is -2.40. The highest BCUT2D eigenvalue weighted by atomic mass is 16.3. The smallest absolute Gasteiger partial charge is 0.258 e. The number of amides is 1. The number of phenols is 1. The maximum Gasteiger partial charge on any atom is 0.258 e. The van der Waals surface area contributed by atoms with Crippen LogP contribution in [0.1, 0.15) is 36.5 Å². The number of aromatic hydroxyl groups is 1. The molecule has 2 atom stereocenters. The zero-order valence-corrected chi connectivity index (χ0v) is 10.7. The summed E-state index contributed by atoms with van der Waals surface area (Å²) in [6, 6.07) is 6.94. The van der Waals surface area contributed by atoms with Crippen molar-refractivity contribution in [2.45, 2.75) is 38.3 Å². The van der Waals surface area contributed by atoms with Crippen LogP contribution in [0.2, 0.25) is 0 Å². The number of nitrogens with zero attached hydrogens (tertiary/aromatic N) is 1. The molecule has 3 N–H and O–H groups in total. The van der Waals surface area contributed by atoms with Gasteiger partial charge in [-0.1, -0.05) is 12.1 Å². The number of nitrogens with two attached hydrogens (primary N) is 1. The summed E-state index contributed by atoms with van der Waals surface area (Å²) >= 11 is 0. The topological polar surface area (TPSA) is 66.6 Å². The maximum absolute atomic E-state index is 12.5. The lowest BCUT2D eigenvalue weighted by molar-refractivity contribution is 0.0491. The van der Waals surface area contributed by atoms with Crippen LogP contribution < -0.4 is 5.73 Å². The summed E-state index contributed by atoms with van der Waals surface area (Å²) in [7, 11) is 0. The number of para-hydroxylation sites is 1. The third kappa shape index (κ3) is 2.34. The molecule has 0 saturated carbocycles. The first kappa shape index (κ1) is 12.9. The molecule has 1 aliphatic rings. The molecule has 18 heavy (non-hydrogen) atoms. The van der Waals surface area contributed by atoms with Crippen LogP contribution in [0.15, 0.2) is 24.3 Å². The van der Waals surface area contributed by atoms with Crippen molar-refractivity contribution < 1.29 is 9.90 Å². The van der Waals surface area contributed by atoms with Crippen LogP contribution in [0.25, 0.3) is 0 Å². The van der Waals surface area contributed by atoms with E-state index < -0.39 is 0 Å². The first-order valence-electron chi connectivity index (χ1n) is 6.46. The molecule has 4 heteroatoms. The molecular weight excluding hydrogens is 228 g/mol. The van der Waals surface area contributed by atoms with Crippen LogP contribution >= 0.6 is 0 Å². The van der Waals surface area contributed by atoms with Gasteiger partial charge in [-0.3, -0.25) is 4.79 Å². The van der Waals surface area contributed by atoms with Gasteiger partial charge < -0.3 is 15.7 Å². The summed E-state index contributed by atoms with van der Waals surface area (Å²) in [4.78, 5) is 14.3. The van der Waals surface area contributed by atoms with E-state index in [0.29, 0.717) is 12.1 Å². The van der Waals surface area contributed by atoms with E-state index in [-0.39, 0.29) is 23.7 Å². The largest absolute Gasteiger partial charge is 0.507 e. The fraction of sp³-hybridized carbons (Fsp3) is 0.500. The molecule has 0 radical (unpaired) electrons. The molecular formula is C14H20N2O2. The fourth-order valence-electron chi connectivity index (χ4n) is 2.68. The second kappa shape index (κ2) is 5.40. The van der Waals surface area contributed by atoms with E-state index in [0.717, 1.165) is 19.3 Å². The van der Waals surface area contributed by atoms with Gasteiger partial charge in [0, 0.05) is 18.6 Å². The maximum atomic E-state index is 12.5. The van der Waals surface area contributed by atoms with E-state index in [9.17, 15) is 9.90 Å². The van der Waals surface area contributed by atoms with Gasteiger partial charge in [0.2, 0.25) is 0 Å². The Kier molecular flexibility index (Phi) is 3.87. The van der Waals surface area contributed by atoms with Gasteiger partial charge >= 0.3 is 0 Å². The molecule has 0 aromatic heterocycles. The standard InChI is InChI=1S/C14H20N2O2/c1-10-5-4-6-11(9-15)16(10)14(18)12-7-2-3-8-13(12)17/h2-3,7-8,10-11,17H,4-6,9,15H2,1H3. The van der Waals surface area contributed by atoms with Crippen LogP contribution in [-0.4, -0.2) is 34.5 Å². The summed E-state index contributed by atoms with van der Waals surface area (Å²) < 4.78 is 0. The Bertz CT molecular complexity index is 434. The summed E-state index contributed by atoms with van der Waals surface area (Å²) in [6.45, 7) is 2.52. The number of piperidine rings is 1. The normalized spacial score (nSPS) is 24.0. The van der Waals surface area contributed by atoms with E-state index >= 15 is 0 Å². The molecule has 2 unspecified atom stereocenters. The molecule has 2 rings (SSSR count). The average molecular weight is 248 g/mol. The minimum atomic E-state index is -0.115. The first-order valence-corrected chi connectivity index (χ1v) is 6.46. The summed E-state index contributed by atoms with van der Waals surface area (Å²) in [5.74, 6) is -0.0770. The lowest BCUT2D eigenvalue weighted by atomic mass is 9.95. The highest BCUT2D eigenvalue weighted by Gasteiger charge is 2.32. The van der Waals surface area contributed by atoms with Crippen LogP contribution in [0.4, 0.5) is 0 Å². The van der Waals surface area contributed by atoms with Crippen molar-refractivity contribution in [1.82, 2.24) is 4.90 Å². The minimum absolute atomic E-state index is 0.0380. The lowest BCUT2D eigenvalue weighted by Crippen LogP contribution is -2.51. The van der Waals surface area contributed by atoms with Gasteiger partial charge in [-0.15, -0.1) is 0 Å². The average Bonchev–Trinajstić information content (AvgIpc) is 2.38. The van der Waals surface area contributed by atoms with Gasteiger partial charge in [-0.05, 0) is 38.3 Å². The molecule has 1 fully saturated rings. The Hall–Kier alpha value is -1.55. The van der Waals surface area contributed by atoms with Crippen LogP contribution in [0.3, 0.4) is 0 Å². The van der Waals surface area contributed by atoms with Gasteiger partial charge in [0.05, 0.1) is 5.56 Å². The fourth-order valence-corrected chi connectivity index (χ4v) is 2.68. The minimum Gasteiger partial charge on any atom is -0.507 e. The monoisotopic (exact) mass is 248 g/mol. The van der Waals surface area contributed by atoms with Crippen molar-refractivity contribution >= 4 is 5.91 Å². The third-order valence-corrected chi connectivity index (χ3v) is 3.67. The second-order valence-electron chi connectivity index (χ2n) is 4.90. The van der Waals surface area contributed by atoms with Crippen molar-refractivity contribution in [3.63, 3.8) is 0 Å². The van der Waals surface area contributed by atoms with Crippen molar-refractivity contribution in [3.05, 3.63) is 29.8 Å². The highest BCUT2D eigenvalue weighted by Crippen LogP contribution is 2.27. The molecule has 1 aromatic rings. The zero-order chi connectivity index (χ0) is 13.1. The number of hydrogen-bond donors (Lipinski definition) is 2. The van der Waals surface area contributed by atoms with Crippen molar-refractivity contribution in [3.8, 4) is 5.75 Å². The Morgan fingerprint density at radius 2 is 2.17 bits per heavy atom. The van der Waals surface area contributed by atoms with Gasteiger partial charge in [-0.2, -0.15) is 0 Å². The Morgan fingerprint density at radius 1 is 1.44 bits per heavy atom. The number of likely N-dealkylation sites (tertiary alicyclic amines) is 1. The molecule has 0 spiro atoms. The van der Waals surface area contributed by atoms with Gasteiger partial charge in [0.1, 0.15) is 5.75 Å². The predicted octanol–water partition coefficient (Wildman–Crippen LogP) is 1.73. The van der Waals surface area contributed by atoms with Gasteiger partial charge in [0.25, 0.3) is 5.91 Å². The SMILES string of the molecule is CC1CCCC(CN)N1C(=O)c1ccccc1O. The van der Waals surface area contributed by atoms with Gasteiger partial charge in [-0.25, -0.2) is 0 Å². The Morgan fingerprint density at radius 3 is 2.83 bits per heavy atom. The van der Waals surface area contributed by atoms with E-state index in [2.05, 4.69) is 0 Å². The Balaban J connectivity index is 2.28. The van der Waals surface area contributed by atoms with Crippen LogP contribution in [0, 0.1) is 0 Å². The molecule has 4 nitrogen and oxygen atoms in total. The van der Waals surface area contributed by atoms with Crippen molar-refractivity contribution in [2.24, 2.45) is 5.73 Å². The van der Waals surface area contributed by atoms with Gasteiger partial charge in [0.15, 0.2) is 0 Å². The number of carbonyl (C=O) groups is 1. The number of phenolic OH excluding ortho intramolecular Hbond substituents is 1. The van der Waals surface area contributed by atoms with E-state index in [4.69, 9.17) is 5.73 Å². The summed E-state index contributed by atoms with van der Waals surface area (Å²) in [5.41, 5.74) is 6.12. The van der Waals surface area contributed by atoms with Crippen LogP contribution in [0.5, 0.6) is 5.75 Å². The second-order valence-corrected chi connectivity index (χ2v) is 4.90. The quantitative estimate of drug-likeness (QED) is 0.837. The van der Waals surface area contributed by atoms with Crippen molar-refractivity contribution in [1.29, 1.82) is 0 Å². The predicted molar refractivity (Wildman–Crippen MR) is 70.4 cm³/mol. The molecule has 0 bridgehead atoms. The number of carbonyl (C=O) groups excluding carboxylic acids is 1. The first-order chi connectivity index (χ1) is 8.65. The van der Waals surface area contributed by atoms with E-state index in [1.165, 1.54) is 0 Å². The number of hydrogen-bond acceptors (Lipinski definition) is 3. The number of rotatable bonds is 2. The highest BCUT2D eigenvalue weighted by molar-refractivity contribution is 5.97.